The Morgan fingerprint density at radius 1 is 1.24 bits per heavy atom. The Balaban J connectivity index is 2.20. The van der Waals surface area contributed by atoms with Gasteiger partial charge in [-0.25, -0.2) is 4.79 Å². The summed E-state index contributed by atoms with van der Waals surface area (Å²) < 4.78 is 4.97. The van der Waals surface area contributed by atoms with Gasteiger partial charge in [0.2, 0.25) is 0 Å². The maximum Gasteiger partial charge on any atom is 0.314 e. The van der Waals surface area contributed by atoms with E-state index in [1.165, 1.54) is 0 Å². The molecule has 0 aliphatic heterocycles. The maximum absolute atomic E-state index is 11.7. The van der Waals surface area contributed by atoms with Gasteiger partial charge in [0.1, 0.15) is 0 Å². The molecule has 0 atom stereocenters. The number of carboxylic acids is 1. The van der Waals surface area contributed by atoms with E-state index >= 15 is 0 Å². The van der Waals surface area contributed by atoms with Crippen molar-refractivity contribution in [1.82, 2.24) is 15.5 Å². The number of carbonyl (C=O) groups excluding carboxylic acids is 1. The normalized spacial score (nSPS) is 16.9. The van der Waals surface area contributed by atoms with Gasteiger partial charge in [-0.05, 0) is 19.9 Å². The summed E-state index contributed by atoms with van der Waals surface area (Å²) in [6.07, 6.45) is 3.12. The van der Waals surface area contributed by atoms with Gasteiger partial charge in [0.05, 0.1) is 12.0 Å². The molecule has 1 saturated carbocycles. The highest BCUT2D eigenvalue weighted by Gasteiger charge is 2.41. The molecule has 2 amide bonds. The van der Waals surface area contributed by atoms with Crippen LogP contribution in [-0.2, 0) is 9.53 Å². The highest BCUT2D eigenvalue weighted by molar-refractivity contribution is 5.78. The summed E-state index contributed by atoms with van der Waals surface area (Å²) in [6.45, 7) is 2.91. The smallest absolute Gasteiger partial charge is 0.314 e. The van der Waals surface area contributed by atoms with Gasteiger partial charge in [0.25, 0.3) is 0 Å². The average Bonchev–Trinajstić information content (AvgIpc) is 2.93. The minimum atomic E-state index is -0.806. The topological polar surface area (TPSA) is 90.9 Å². The lowest BCUT2D eigenvalue weighted by Gasteiger charge is -2.24. The first-order valence-corrected chi connectivity index (χ1v) is 7.43. The van der Waals surface area contributed by atoms with E-state index in [0.29, 0.717) is 26.0 Å². The second kappa shape index (κ2) is 8.84. The molecule has 21 heavy (non-hydrogen) atoms. The number of nitrogens with one attached hydrogen (secondary N) is 2. The van der Waals surface area contributed by atoms with Crippen molar-refractivity contribution >= 4 is 12.0 Å². The van der Waals surface area contributed by atoms with Crippen molar-refractivity contribution in [2.45, 2.75) is 25.7 Å². The van der Waals surface area contributed by atoms with Gasteiger partial charge in [-0.1, -0.05) is 12.8 Å². The lowest BCUT2D eigenvalue weighted by molar-refractivity contribution is -0.148. The van der Waals surface area contributed by atoms with Crippen molar-refractivity contribution in [2.75, 3.05) is 46.9 Å². The molecule has 0 aromatic rings. The predicted molar refractivity (Wildman–Crippen MR) is 79.3 cm³/mol. The highest BCUT2D eigenvalue weighted by Crippen LogP contribution is 2.37. The predicted octanol–water partition coefficient (Wildman–Crippen LogP) is 0.509. The third-order valence-electron chi connectivity index (χ3n) is 4.06. The Labute approximate surface area is 126 Å². The molecule has 0 bridgehead atoms. The minimum Gasteiger partial charge on any atom is -0.481 e. The zero-order chi connectivity index (χ0) is 15.7. The number of nitrogens with zero attached hydrogens (tertiary/aromatic N) is 1. The van der Waals surface area contributed by atoms with Crippen LogP contribution in [0.15, 0.2) is 0 Å². The van der Waals surface area contributed by atoms with E-state index in [-0.39, 0.29) is 12.6 Å². The van der Waals surface area contributed by atoms with Gasteiger partial charge in [0.15, 0.2) is 0 Å². The zero-order valence-corrected chi connectivity index (χ0v) is 13.0. The van der Waals surface area contributed by atoms with Crippen molar-refractivity contribution in [3.63, 3.8) is 0 Å². The van der Waals surface area contributed by atoms with Crippen LogP contribution < -0.4 is 10.6 Å². The van der Waals surface area contributed by atoms with Gasteiger partial charge < -0.3 is 25.4 Å². The fraction of sp³-hybridized carbons (Fsp3) is 0.857. The summed E-state index contributed by atoms with van der Waals surface area (Å²) >= 11 is 0. The summed E-state index contributed by atoms with van der Waals surface area (Å²) in [7, 11) is 3.61. The summed E-state index contributed by atoms with van der Waals surface area (Å²) in [5, 5.41) is 14.8. The molecule has 7 heteroatoms. The van der Waals surface area contributed by atoms with E-state index in [1.807, 2.05) is 7.05 Å². The number of urea groups is 1. The Morgan fingerprint density at radius 3 is 2.48 bits per heavy atom. The number of hydrogen-bond acceptors (Lipinski definition) is 4. The molecule has 1 rings (SSSR count). The number of hydrogen-bond donors (Lipinski definition) is 3. The van der Waals surface area contributed by atoms with E-state index in [9.17, 15) is 14.7 Å². The second-order valence-electron chi connectivity index (χ2n) is 5.70. The number of carbonyl (C=O) groups is 2. The maximum atomic E-state index is 11.7. The van der Waals surface area contributed by atoms with Crippen LogP contribution in [0.2, 0.25) is 0 Å². The zero-order valence-electron chi connectivity index (χ0n) is 13.0. The van der Waals surface area contributed by atoms with Crippen molar-refractivity contribution < 1.29 is 19.4 Å². The number of aliphatic carboxylic acids is 1. The summed E-state index contributed by atoms with van der Waals surface area (Å²) in [6, 6.07) is -0.303. The second-order valence-corrected chi connectivity index (χ2v) is 5.70. The van der Waals surface area contributed by atoms with Crippen LogP contribution in [0.25, 0.3) is 0 Å². The van der Waals surface area contributed by atoms with Gasteiger partial charge in [-0.2, -0.15) is 0 Å². The van der Waals surface area contributed by atoms with E-state index in [0.717, 1.165) is 25.9 Å². The van der Waals surface area contributed by atoms with Crippen LogP contribution in [0.5, 0.6) is 0 Å². The lowest BCUT2D eigenvalue weighted by atomic mass is 9.86. The third kappa shape index (κ3) is 5.89. The fourth-order valence-corrected chi connectivity index (χ4v) is 2.55. The average molecular weight is 301 g/mol. The first kappa shape index (κ1) is 17.7. The third-order valence-corrected chi connectivity index (χ3v) is 4.06. The molecule has 0 heterocycles. The molecule has 1 aliphatic carbocycles. The fourth-order valence-electron chi connectivity index (χ4n) is 2.55. The Kier molecular flexibility index (Phi) is 7.45. The number of carboxylic acid groups (broad SMARTS) is 1. The van der Waals surface area contributed by atoms with E-state index in [1.54, 1.807) is 7.11 Å². The molecular formula is C14H27N3O4. The largest absolute Gasteiger partial charge is 0.481 e. The molecule has 7 nitrogen and oxygen atoms in total. The molecule has 0 aromatic heterocycles. The van der Waals surface area contributed by atoms with E-state index in [4.69, 9.17) is 4.74 Å². The Hall–Kier alpha value is -1.34. The van der Waals surface area contributed by atoms with Crippen molar-refractivity contribution in [1.29, 1.82) is 0 Å². The number of likely N-dealkylation sites (N-methyl/N-ethyl adjacent to an activating group) is 1. The van der Waals surface area contributed by atoms with Gasteiger partial charge >= 0.3 is 12.0 Å². The molecule has 0 unspecified atom stereocenters. The summed E-state index contributed by atoms with van der Waals surface area (Å²) in [4.78, 5) is 25.1. The monoisotopic (exact) mass is 301 g/mol. The standard InChI is InChI=1S/C14H27N3O4/c1-17(9-10-21-2)8-7-15-13(20)16-11-14(12(18)19)5-3-4-6-14/h3-11H2,1-2H3,(H,18,19)(H2,15,16,20). The highest BCUT2D eigenvalue weighted by atomic mass is 16.5. The Bertz CT molecular complexity index is 343. The quantitative estimate of drug-likeness (QED) is 0.577. The molecule has 0 saturated heterocycles. The van der Waals surface area contributed by atoms with Crippen LogP contribution in [-0.4, -0.2) is 69.0 Å². The van der Waals surface area contributed by atoms with E-state index in [2.05, 4.69) is 15.5 Å². The molecule has 0 aromatic carbocycles. The summed E-state index contributed by atoms with van der Waals surface area (Å²) in [5.41, 5.74) is -0.771. The van der Waals surface area contributed by atoms with Crippen LogP contribution in [0.3, 0.4) is 0 Å². The number of ether oxygens (including phenoxy) is 1. The molecule has 122 valence electrons. The van der Waals surface area contributed by atoms with Crippen LogP contribution in [0.4, 0.5) is 4.79 Å². The molecular weight excluding hydrogens is 274 g/mol. The van der Waals surface area contributed by atoms with Crippen molar-refractivity contribution in [3.8, 4) is 0 Å². The van der Waals surface area contributed by atoms with Crippen LogP contribution in [0, 0.1) is 5.41 Å². The van der Waals surface area contributed by atoms with Crippen molar-refractivity contribution in [3.05, 3.63) is 0 Å². The van der Waals surface area contributed by atoms with Crippen LogP contribution in [0.1, 0.15) is 25.7 Å². The van der Waals surface area contributed by atoms with Gasteiger partial charge in [-0.3, -0.25) is 4.79 Å². The first-order valence-electron chi connectivity index (χ1n) is 7.43. The molecule has 3 N–H and O–H groups in total. The minimum absolute atomic E-state index is 0.202. The van der Waals surface area contributed by atoms with Gasteiger partial charge in [-0.15, -0.1) is 0 Å². The number of amides is 2. The Morgan fingerprint density at radius 2 is 1.90 bits per heavy atom. The van der Waals surface area contributed by atoms with Gasteiger partial charge in [0, 0.05) is 33.3 Å². The number of methoxy groups -OCH3 is 1. The van der Waals surface area contributed by atoms with Crippen LogP contribution >= 0.6 is 0 Å². The molecule has 0 radical (unpaired) electrons. The molecule has 1 fully saturated rings. The first-order chi connectivity index (χ1) is 10.00. The SMILES string of the molecule is COCCN(C)CCNC(=O)NCC1(C(=O)O)CCCC1. The molecule has 0 spiro atoms. The van der Waals surface area contributed by atoms with Crippen molar-refractivity contribution in [2.24, 2.45) is 5.41 Å². The number of rotatable bonds is 9. The lowest BCUT2D eigenvalue weighted by Crippen LogP contribution is -2.46. The molecule has 1 aliphatic rings. The van der Waals surface area contributed by atoms with E-state index < -0.39 is 11.4 Å². The summed E-state index contributed by atoms with van der Waals surface area (Å²) in [5.74, 6) is -0.806.